The number of phenolic OH excluding ortho intramolecular Hbond substituents is 1. The molecule has 1 rings (SSSR count). The van der Waals surface area contributed by atoms with Crippen LogP contribution in [0.15, 0.2) is 12.1 Å². The van der Waals surface area contributed by atoms with E-state index in [-0.39, 0.29) is 17.2 Å². The van der Waals surface area contributed by atoms with Gasteiger partial charge in [-0.25, -0.2) is 4.79 Å². The van der Waals surface area contributed by atoms with Gasteiger partial charge in [-0.15, -0.1) is 0 Å². The number of aromatic carboxylic acids is 1. The summed E-state index contributed by atoms with van der Waals surface area (Å²) < 4.78 is 0. The largest absolute Gasteiger partial charge is 0.508 e. The summed E-state index contributed by atoms with van der Waals surface area (Å²) in [4.78, 5) is 11.1. The van der Waals surface area contributed by atoms with E-state index in [1.807, 2.05) is 6.92 Å². The minimum Gasteiger partial charge on any atom is -0.508 e. The van der Waals surface area contributed by atoms with Gasteiger partial charge in [0.1, 0.15) is 5.75 Å². The Labute approximate surface area is 108 Å². The van der Waals surface area contributed by atoms with Gasteiger partial charge in [-0.2, -0.15) is 0 Å². The van der Waals surface area contributed by atoms with Gasteiger partial charge in [0.05, 0.1) is 5.56 Å². The number of carboxylic acid groups (broad SMARTS) is 1. The van der Waals surface area contributed by atoms with Gasteiger partial charge in [-0.1, -0.05) is 33.1 Å². The number of carboxylic acids is 1. The van der Waals surface area contributed by atoms with Crippen molar-refractivity contribution in [3.63, 3.8) is 0 Å². The molecule has 0 aromatic heterocycles. The number of hydrogen-bond donors (Lipinski definition) is 2. The predicted octanol–water partition coefficient (Wildman–Crippen LogP) is 4.08. The Morgan fingerprint density at radius 1 is 1.33 bits per heavy atom. The number of aryl methyl sites for hydroxylation is 1. The maximum absolute atomic E-state index is 11.1. The first kappa shape index (κ1) is 14.6. The lowest BCUT2D eigenvalue weighted by atomic mass is 9.91. The van der Waals surface area contributed by atoms with Crippen molar-refractivity contribution in [1.82, 2.24) is 0 Å². The fraction of sp³-hybridized carbons (Fsp3) is 0.533. The molecule has 0 aliphatic heterocycles. The second-order valence-corrected chi connectivity index (χ2v) is 4.93. The van der Waals surface area contributed by atoms with Crippen molar-refractivity contribution in [2.75, 3.05) is 0 Å². The summed E-state index contributed by atoms with van der Waals surface area (Å²) in [6.45, 7) is 5.89. The molecule has 0 radical (unpaired) electrons. The molecule has 1 aromatic rings. The highest BCUT2D eigenvalue weighted by atomic mass is 16.4. The van der Waals surface area contributed by atoms with E-state index in [1.54, 1.807) is 19.1 Å². The SMILES string of the molecule is CCCCCC(C)c1cc(C(=O)O)c(C)cc1O. The van der Waals surface area contributed by atoms with E-state index in [9.17, 15) is 9.90 Å². The lowest BCUT2D eigenvalue weighted by molar-refractivity contribution is 0.0696. The van der Waals surface area contributed by atoms with Crippen LogP contribution in [0.25, 0.3) is 0 Å². The zero-order chi connectivity index (χ0) is 13.7. The lowest BCUT2D eigenvalue weighted by Crippen LogP contribution is -2.03. The highest BCUT2D eigenvalue weighted by molar-refractivity contribution is 5.90. The standard InChI is InChI=1S/C15H22O3/c1-4-5-6-7-10(2)12-9-13(15(17)18)11(3)8-14(12)16/h8-10,16H,4-7H2,1-3H3,(H,17,18). The molecule has 100 valence electrons. The van der Waals surface area contributed by atoms with Crippen LogP contribution < -0.4 is 0 Å². The number of aromatic hydroxyl groups is 1. The third kappa shape index (κ3) is 3.49. The maximum atomic E-state index is 11.1. The Balaban J connectivity index is 2.93. The summed E-state index contributed by atoms with van der Waals surface area (Å²) in [5.41, 5.74) is 1.63. The number of carbonyl (C=O) groups is 1. The van der Waals surface area contributed by atoms with Crippen molar-refractivity contribution in [2.45, 2.75) is 52.4 Å². The van der Waals surface area contributed by atoms with Crippen LogP contribution in [0.1, 0.15) is 66.9 Å². The van der Waals surface area contributed by atoms with Crippen LogP contribution in [0.3, 0.4) is 0 Å². The molecule has 0 heterocycles. The molecular weight excluding hydrogens is 228 g/mol. The van der Waals surface area contributed by atoms with Gasteiger partial charge in [0.2, 0.25) is 0 Å². The van der Waals surface area contributed by atoms with Crippen LogP contribution >= 0.6 is 0 Å². The average molecular weight is 250 g/mol. The third-order valence-electron chi connectivity index (χ3n) is 3.38. The van der Waals surface area contributed by atoms with Crippen LogP contribution in [-0.2, 0) is 0 Å². The Hall–Kier alpha value is -1.51. The molecule has 0 saturated carbocycles. The monoisotopic (exact) mass is 250 g/mol. The predicted molar refractivity (Wildman–Crippen MR) is 72.4 cm³/mol. The van der Waals surface area contributed by atoms with Gasteiger partial charge in [0.25, 0.3) is 0 Å². The number of benzene rings is 1. The van der Waals surface area contributed by atoms with Crippen LogP contribution in [-0.4, -0.2) is 16.2 Å². The quantitative estimate of drug-likeness (QED) is 0.748. The minimum atomic E-state index is -0.936. The van der Waals surface area contributed by atoms with Gasteiger partial charge in [0.15, 0.2) is 0 Å². The van der Waals surface area contributed by atoms with Crippen LogP contribution in [0.2, 0.25) is 0 Å². The Morgan fingerprint density at radius 2 is 2.00 bits per heavy atom. The Bertz CT molecular complexity index is 424. The van der Waals surface area contributed by atoms with Gasteiger partial charge in [-0.05, 0) is 42.5 Å². The van der Waals surface area contributed by atoms with Crippen molar-refractivity contribution in [3.8, 4) is 5.75 Å². The Kier molecular flexibility index (Phi) is 5.20. The fourth-order valence-corrected chi connectivity index (χ4v) is 2.19. The van der Waals surface area contributed by atoms with Crippen molar-refractivity contribution in [2.24, 2.45) is 0 Å². The maximum Gasteiger partial charge on any atom is 0.335 e. The molecule has 0 spiro atoms. The molecule has 1 atom stereocenters. The third-order valence-corrected chi connectivity index (χ3v) is 3.38. The average Bonchev–Trinajstić information content (AvgIpc) is 2.28. The first-order valence-electron chi connectivity index (χ1n) is 6.54. The molecular formula is C15H22O3. The summed E-state index contributed by atoms with van der Waals surface area (Å²) in [7, 11) is 0. The second kappa shape index (κ2) is 6.43. The van der Waals surface area contributed by atoms with Crippen molar-refractivity contribution < 1.29 is 15.0 Å². The normalized spacial score (nSPS) is 12.4. The van der Waals surface area contributed by atoms with E-state index in [0.717, 1.165) is 24.8 Å². The zero-order valence-corrected chi connectivity index (χ0v) is 11.4. The fourth-order valence-electron chi connectivity index (χ4n) is 2.19. The highest BCUT2D eigenvalue weighted by Gasteiger charge is 2.16. The molecule has 3 heteroatoms. The molecule has 0 bridgehead atoms. The van der Waals surface area contributed by atoms with Gasteiger partial charge >= 0.3 is 5.97 Å². The minimum absolute atomic E-state index is 0.190. The first-order chi connectivity index (χ1) is 8.47. The summed E-state index contributed by atoms with van der Waals surface area (Å²) >= 11 is 0. The van der Waals surface area contributed by atoms with E-state index >= 15 is 0 Å². The molecule has 2 N–H and O–H groups in total. The molecule has 18 heavy (non-hydrogen) atoms. The number of rotatable bonds is 6. The van der Waals surface area contributed by atoms with Gasteiger partial charge in [0, 0.05) is 0 Å². The summed E-state index contributed by atoms with van der Waals surface area (Å²) in [5, 5.41) is 19.0. The van der Waals surface area contributed by atoms with E-state index in [2.05, 4.69) is 6.92 Å². The summed E-state index contributed by atoms with van der Waals surface area (Å²) in [6, 6.07) is 3.17. The molecule has 0 aliphatic carbocycles. The van der Waals surface area contributed by atoms with Gasteiger partial charge in [-0.3, -0.25) is 0 Å². The summed E-state index contributed by atoms with van der Waals surface area (Å²) in [5.74, 6) is -0.536. The molecule has 0 amide bonds. The highest BCUT2D eigenvalue weighted by Crippen LogP contribution is 2.32. The number of hydrogen-bond acceptors (Lipinski definition) is 2. The van der Waals surface area contributed by atoms with Crippen LogP contribution in [0.5, 0.6) is 5.75 Å². The zero-order valence-electron chi connectivity index (χ0n) is 11.4. The Morgan fingerprint density at radius 3 is 2.56 bits per heavy atom. The topological polar surface area (TPSA) is 57.5 Å². The number of unbranched alkanes of at least 4 members (excludes halogenated alkanes) is 2. The number of phenols is 1. The molecule has 1 aromatic carbocycles. The summed E-state index contributed by atoms with van der Waals surface area (Å²) in [6.07, 6.45) is 4.41. The first-order valence-corrected chi connectivity index (χ1v) is 6.54. The molecule has 0 aliphatic rings. The van der Waals surface area contributed by atoms with Crippen molar-refractivity contribution in [1.29, 1.82) is 0 Å². The van der Waals surface area contributed by atoms with E-state index < -0.39 is 5.97 Å². The van der Waals surface area contributed by atoms with Crippen molar-refractivity contribution in [3.05, 3.63) is 28.8 Å². The van der Waals surface area contributed by atoms with Gasteiger partial charge < -0.3 is 10.2 Å². The van der Waals surface area contributed by atoms with E-state index in [1.165, 1.54) is 6.42 Å². The van der Waals surface area contributed by atoms with Crippen LogP contribution in [0.4, 0.5) is 0 Å². The molecule has 0 saturated heterocycles. The molecule has 1 unspecified atom stereocenters. The lowest BCUT2D eigenvalue weighted by Gasteiger charge is -2.15. The second-order valence-electron chi connectivity index (χ2n) is 4.93. The van der Waals surface area contributed by atoms with Crippen LogP contribution in [0, 0.1) is 6.92 Å². The molecule has 0 fully saturated rings. The molecule has 3 nitrogen and oxygen atoms in total. The smallest absolute Gasteiger partial charge is 0.335 e. The van der Waals surface area contributed by atoms with E-state index in [0.29, 0.717) is 5.56 Å². The van der Waals surface area contributed by atoms with Crippen molar-refractivity contribution >= 4 is 5.97 Å². The van der Waals surface area contributed by atoms with E-state index in [4.69, 9.17) is 5.11 Å².